The van der Waals surface area contributed by atoms with Crippen molar-refractivity contribution in [1.82, 2.24) is 0 Å². The zero-order valence-corrected chi connectivity index (χ0v) is 15.9. The highest BCUT2D eigenvalue weighted by Crippen LogP contribution is 2.54. The summed E-state index contributed by atoms with van der Waals surface area (Å²) < 4.78 is 12.7. The van der Waals surface area contributed by atoms with Crippen LogP contribution < -0.4 is 0 Å². The molecule has 1 fully saturated rings. The Labute approximate surface area is 133 Å². The Morgan fingerprint density at radius 1 is 1.10 bits per heavy atom. The summed E-state index contributed by atoms with van der Waals surface area (Å²) in [6.07, 6.45) is 2.36. The Hall–Kier alpha value is -0.673. The minimum Gasteiger partial charge on any atom is -0.259 e. The molecule has 0 saturated heterocycles. The van der Waals surface area contributed by atoms with Crippen molar-refractivity contribution in [3.63, 3.8) is 0 Å². The van der Waals surface area contributed by atoms with E-state index in [2.05, 4.69) is 82.5 Å². The van der Waals surface area contributed by atoms with Gasteiger partial charge in [-0.05, 0) is 32.3 Å². The van der Waals surface area contributed by atoms with Crippen molar-refractivity contribution >= 4 is 18.9 Å². The van der Waals surface area contributed by atoms with Gasteiger partial charge >= 0.3 is 0 Å². The van der Waals surface area contributed by atoms with E-state index >= 15 is 0 Å². The zero-order chi connectivity index (χ0) is 15.8. The van der Waals surface area contributed by atoms with Crippen LogP contribution in [0.1, 0.15) is 32.3 Å². The molecule has 1 aromatic carbocycles. The maximum atomic E-state index is 12.8. The first-order valence-corrected chi connectivity index (χ1v) is 12.6. The molecule has 0 heterocycles. The van der Waals surface area contributed by atoms with Crippen LogP contribution in [0, 0.1) is 5.92 Å². The van der Waals surface area contributed by atoms with Crippen LogP contribution in [0.2, 0.25) is 19.6 Å². The molecule has 1 aliphatic carbocycles. The van der Waals surface area contributed by atoms with E-state index in [4.69, 9.17) is 0 Å². The van der Waals surface area contributed by atoms with E-state index in [1.54, 1.807) is 0 Å². The van der Waals surface area contributed by atoms with Crippen molar-refractivity contribution in [2.75, 3.05) is 0 Å². The number of benzene rings is 1. The SMILES string of the molecule is CC(C)(C)S(=O)C1[C@@H](/C=C/[Si](C)(C)C)[C@@H]1c1ccccc1. The highest BCUT2D eigenvalue weighted by atomic mass is 32.2. The van der Waals surface area contributed by atoms with E-state index in [0.29, 0.717) is 11.8 Å². The summed E-state index contributed by atoms with van der Waals surface area (Å²) in [5.41, 5.74) is 3.75. The van der Waals surface area contributed by atoms with Gasteiger partial charge in [-0.25, -0.2) is 0 Å². The Bertz CT molecular complexity index is 537. The third kappa shape index (κ3) is 4.16. The maximum absolute atomic E-state index is 12.8. The minimum absolute atomic E-state index is 0.139. The van der Waals surface area contributed by atoms with E-state index in [-0.39, 0.29) is 10.00 Å². The van der Waals surface area contributed by atoms with Gasteiger partial charge < -0.3 is 0 Å². The first kappa shape index (κ1) is 16.7. The quantitative estimate of drug-likeness (QED) is 0.732. The minimum atomic E-state index is -1.20. The molecular formula is C18H28OSSi. The maximum Gasteiger partial charge on any atom is 0.0683 e. The van der Waals surface area contributed by atoms with Gasteiger partial charge in [0, 0.05) is 26.7 Å². The number of allylic oxidation sites excluding steroid dienone is 1. The van der Waals surface area contributed by atoms with Crippen LogP contribution >= 0.6 is 0 Å². The van der Waals surface area contributed by atoms with Crippen LogP contribution in [0.3, 0.4) is 0 Å². The van der Waals surface area contributed by atoms with E-state index in [1.807, 2.05) is 0 Å². The van der Waals surface area contributed by atoms with E-state index < -0.39 is 18.9 Å². The van der Waals surface area contributed by atoms with Crippen LogP contribution in [0.25, 0.3) is 0 Å². The summed E-state index contributed by atoms with van der Waals surface area (Å²) in [6.45, 7) is 13.3. The highest BCUT2D eigenvalue weighted by molar-refractivity contribution is 7.87. The first-order valence-electron chi connectivity index (χ1n) is 7.76. The molecule has 1 aliphatic rings. The molecule has 0 amide bonds. The van der Waals surface area contributed by atoms with E-state index in [0.717, 1.165) is 0 Å². The van der Waals surface area contributed by atoms with Crippen molar-refractivity contribution in [2.24, 2.45) is 5.92 Å². The molecular weight excluding hydrogens is 292 g/mol. The molecule has 0 spiro atoms. The zero-order valence-electron chi connectivity index (χ0n) is 14.1. The third-order valence-electron chi connectivity index (χ3n) is 3.86. The molecule has 21 heavy (non-hydrogen) atoms. The third-order valence-corrected chi connectivity index (χ3v) is 7.36. The second-order valence-electron chi connectivity index (χ2n) is 8.11. The Morgan fingerprint density at radius 2 is 1.67 bits per heavy atom. The fourth-order valence-corrected chi connectivity index (χ4v) is 5.38. The number of hydrogen-bond acceptors (Lipinski definition) is 1. The fraction of sp³-hybridized carbons (Fsp3) is 0.556. The van der Waals surface area contributed by atoms with Gasteiger partial charge in [-0.15, -0.1) is 0 Å². The van der Waals surface area contributed by atoms with Crippen LogP contribution in [-0.4, -0.2) is 22.3 Å². The average molecular weight is 321 g/mol. The monoisotopic (exact) mass is 320 g/mol. The standard InChI is InChI=1S/C18H28OSSi/c1-18(2,3)20(19)17-15(12-13-21(4,5)6)16(17)14-10-8-7-9-11-14/h7-13,15-17H,1-6H3/b13-12+/t15-,16-,17?,20?/m0/s1. The molecule has 1 saturated carbocycles. The smallest absolute Gasteiger partial charge is 0.0683 e. The molecule has 2 unspecified atom stereocenters. The van der Waals surface area contributed by atoms with E-state index in [9.17, 15) is 4.21 Å². The summed E-state index contributed by atoms with van der Waals surface area (Å²) in [5, 5.41) is 0.278. The Balaban J connectivity index is 2.25. The van der Waals surface area contributed by atoms with E-state index in [1.165, 1.54) is 5.56 Å². The predicted molar refractivity (Wildman–Crippen MR) is 96.8 cm³/mol. The molecule has 0 radical (unpaired) electrons. The van der Waals surface area contributed by atoms with Crippen molar-refractivity contribution in [1.29, 1.82) is 0 Å². The van der Waals surface area contributed by atoms with Gasteiger partial charge in [-0.1, -0.05) is 61.7 Å². The summed E-state index contributed by atoms with van der Waals surface area (Å²) >= 11 is 0. The van der Waals surface area contributed by atoms with Gasteiger partial charge in [0.05, 0.1) is 8.07 Å². The van der Waals surface area contributed by atoms with Gasteiger partial charge in [-0.3, -0.25) is 4.21 Å². The molecule has 1 aromatic rings. The lowest BCUT2D eigenvalue weighted by Crippen LogP contribution is -2.26. The second-order valence-corrected chi connectivity index (χ2v) is 15.5. The van der Waals surface area contributed by atoms with Crippen molar-refractivity contribution < 1.29 is 4.21 Å². The Kier molecular flexibility index (Phi) is 4.65. The summed E-state index contributed by atoms with van der Waals surface area (Å²) in [5.74, 6) is 0.873. The van der Waals surface area contributed by atoms with Crippen molar-refractivity contribution in [3.05, 3.63) is 47.7 Å². The van der Waals surface area contributed by atoms with Crippen LogP contribution in [0.4, 0.5) is 0 Å². The van der Waals surface area contributed by atoms with Gasteiger partial charge in [0.1, 0.15) is 0 Å². The lowest BCUT2D eigenvalue weighted by Gasteiger charge is -2.18. The van der Waals surface area contributed by atoms with Gasteiger partial charge in [0.25, 0.3) is 0 Å². The van der Waals surface area contributed by atoms with Gasteiger partial charge in [0.15, 0.2) is 0 Å². The molecule has 116 valence electrons. The van der Waals surface area contributed by atoms with Gasteiger partial charge in [-0.2, -0.15) is 0 Å². The largest absolute Gasteiger partial charge is 0.259 e. The molecule has 3 heteroatoms. The van der Waals surface area contributed by atoms with Crippen LogP contribution in [0.5, 0.6) is 0 Å². The average Bonchev–Trinajstić information content (AvgIpc) is 3.08. The number of rotatable bonds is 4. The lowest BCUT2D eigenvalue weighted by molar-refractivity contribution is 0.646. The summed E-state index contributed by atoms with van der Waals surface area (Å²) in [4.78, 5) is 0. The topological polar surface area (TPSA) is 17.1 Å². The number of hydrogen-bond donors (Lipinski definition) is 0. The van der Waals surface area contributed by atoms with Gasteiger partial charge in [0.2, 0.25) is 0 Å². The molecule has 4 atom stereocenters. The fourth-order valence-electron chi connectivity index (χ4n) is 2.71. The molecule has 0 aliphatic heterocycles. The molecule has 0 bridgehead atoms. The normalized spacial score (nSPS) is 27.8. The van der Waals surface area contributed by atoms with Crippen LogP contribution in [0.15, 0.2) is 42.1 Å². The molecule has 0 N–H and O–H groups in total. The molecule has 2 rings (SSSR count). The van der Waals surface area contributed by atoms with Crippen molar-refractivity contribution in [3.8, 4) is 0 Å². The first-order chi connectivity index (χ1) is 9.61. The molecule has 0 aromatic heterocycles. The summed E-state index contributed by atoms with van der Waals surface area (Å²) in [7, 11) is -2.00. The lowest BCUT2D eigenvalue weighted by atomic mass is 10.1. The highest BCUT2D eigenvalue weighted by Gasteiger charge is 2.55. The Morgan fingerprint density at radius 3 is 2.14 bits per heavy atom. The van der Waals surface area contributed by atoms with Crippen LogP contribution in [-0.2, 0) is 10.8 Å². The molecule has 1 nitrogen and oxygen atoms in total. The van der Waals surface area contributed by atoms with Crippen molar-refractivity contribution in [2.45, 2.75) is 56.3 Å². The summed E-state index contributed by atoms with van der Waals surface area (Å²) in [6, 6.07) is 10.6. The predicted octanol–water partition coefficient (Wildman–Crippen LogP) is 4.75. The second kappa shape index (κ2) is 5.84.